The maximum absolute atomic E-state index is 14.9. The number of aryl methyl sites for hydroxylation is 6. The quantitative estimate of drug-likeness (QED) is 0.0328. The smallest absolute Gasteiger partial charge is 0.460 e. The molecule has 8 aromatic heterocycles. The van der Waals surface area contributed by atoms with Crippen LogP contribution in [0.2, 0.25) is 5.02 Å². The number of Topliss-reactive ketones (excluding diaryl/α,β-unsaturated/α-hetero) is 1. The SMILES string of the molecule is CCCOc1ccc(-c2nn3c(-c4ccc(Cl)cc4)cc(C)nc3c2CC(=O)N(CC)CC)cc1.CCCOc1ccc(-c2nn3c(C(F)(F)C(F)(F)C(F)(F)F)cc(C)nc3c2CC(=O)N(CC)CC)cc1.CCCOc1ccc(-c2nn3c(C)c4c(nc3c2CC(=O)N(CC)CC)CCCC4=O)cc1.CCCOc1ccc(-c2nn3c(CC)cc(CC)nc3c2CC(=O)N(CC)CC)cc1. The third kappa shape index (κ3) is 23.9. The minimum atomic E-state index is -6.54. The zero-order valence-corrected chi connectivity index (χ0v) is 82.1. The first-order valence-corrected chi connectivity index (χ1v) is 47.8. The second-order valence-electron chi connectivity index (χ2n) is 33.2. The van der Waals surface area contributed by atoms with E-state index >= 15 is 0 Å². The van der Waals surface area contributed by atoms with E-state index < -0.39 is 41.7 Å². The number of halogens is 8. The first kappa shape index (κ1) is 105. The van der Waals surface area contributed by atoms with Crippen LogP contribution in [0.4, 0.5) is 30.7 Å². The number of rotatable bonds is 37. The summed E-state index contributed by atoms with van der Waals surface area (Å²) in [5, 5.41) is 19.5. The van der Waals surface area contributed by atoms with E-state index in [0.29, 0.717) is 124 Å². The fourth-order valence-corrected chi connectivity index (χ4v) is 16.5. The van der Waals surface area contributed by atoms with Crippen molar-refractivity contribution in [3.05, 3.63) is 212 Å². The number of alkyl halides is 7. The van der Waals surface area contributed by atoms with Crippen molar-refractivity contribution in [2.45, 2.75) is 219 Å². The number of nitrogens with zero attached hydrogens (tertiary/aromatic N) is 16. The van der Waals surface area contributed by atoms with Gasteiger partial charge in [-0.1, -0.05) is 65.3 Å². The number of hydrogen-bond donors (Lipinski definition) is 0. The molecule has 0 saturated carbocycles. The zero-order valence-electron chi connectivity index (χ0n) is 81.3. The Hall–Kier alpha value is -12.9. The highest BCUT2D eigenvalue weighted by Crippen LogP contribution is 2.52. The summed E-state index contributed by atoms with van der Waals surface area (Å²) in [4.78, 5) is 90.5. The lowest BCUT2D eigenvalue weighted by molar-refractivity contribution is -0.360. The van der Waals surface area contributed by atoms with Crippen LogP contribution in [-0.4, -0.2) is 198 Å². The molecule has 33 heteroatoms. The van der Waals surface area contributed by atoms with E-state index in [-0.39, 0.29) is 64.2 Å². The summed E-state index contributed by atoms with van der Waals surface area (Å²) >= 11 is 6.13. The van der Waals surface area contributed by atoms with Gasteiger partial charge in [-0.3, -0.25) is 24.0 Å². The van der Waals surface area contributed by atoms with Crippen molar-refractivity contribution < 1.29 is 73.7 Å². The molecule has 25 nitrogen and oxygen atoms in total. The van der Waals surface area contributed by atoms with Crippen LogP contribution in [0, 0.1) is 20.8 Å². The molecule has 0 unspecified atom stereocenters. The molecule has 5 aromatic carbocycles. The van der Waals surface area contributed by atoms with Crippen molar-refractivity contribution in [3.8, 4) is 79.3 Å². The van der Waals surface area contributed by atoms with Gasteiger partial charge in [-0.2, -0.15) is 51.1 Å². The van der Waals surface area contributed by atoms with E-state index in [1.54, 1.807) is 30.5 Å². The normalized spacial score (nSPS) is 12.1. The summed E-state index contributed by atoms with van der Waals surface area (Å²) in [6.07, 6.45) is 1.22. The number of hydrogen-bond acceptors (Lipinski definition) is 17. The van der Waals surface area contributed by atoms with Crippen LogP contribution in [0.1, 0.15) is 208 Å². The highest BCUT2D eigenvalue weighted by molar-refractivity contribution is 6.30. The van der Waals surface area contributed by atoms with Crippen LogP contribution in [0.15, 0.2) is 140 Å². The highest BCUT2D eigenvalue weighted by atomic mass is 35.5. The molecular formula is C104H124ClF7N16O9. The Morgan fingerprint density at radius 3 is 1.07 bits per heavy atom. The fourth-order valence-electron chi connectivity index (χ4n) is 16.4. The molecular weight excluding hydrogens is 1790 g/mol. The summed E-state index contributed by atoms with van der Waals surface area (Å²) in [7, 11) is 0. The van der Waals surface area contributed by atoms with Crippen molar-refractivity contribution >= 4 is 63.6 Å². The van der Waals surface area contributed by atoms with Crippen LogP contribution >= 0.6 is 11.6 Å². The van der Waals surface area contributed by atoms with Gasteiger partial charge in [0.05, 0.1) is 97.5 Å². The molecule has 0 atom stereocenters. The first-order valence-electron chi connectivity index (χ1n) is 47.4. The standard InChI is InChI=1S/C28H31ClN4O2.C26H32N4O3.C25H27F7N4O2.C25H34N4O2/c1-5-16-35-23-14-10-21(11-15-23)27-24(18-26(34)32(6-2)7-3)28-30-19(4)17-25(33(28)31-27)20-8-12-22(29)13-9-20;1-5-15-33-19-13-11-18(12-14-19)25-20(16-23(32)29(6-2)7-3)26-27-21-9-8-10-22(31)24(21)17(4)30(26)28-25;1-5-12-38-17-10-8-16(9-11-17)21-18(14-20(37)35(6-2)7-3)22-33-15(4)13-19(36(22)34-21)23(26,27)24(28,29)25(30,31)32;1-6-15-31-21-13-11-18(12-14-21)24-22(17-23(30)28(9-4)10-5)25-26-19(7-2)16-20(8-3)29(25)27-24/h8-15,17H,5-7,16,18H2,1-4H3;11-14H,5-10,15-16H2,1-4H3;8-11,13H,5-7,12,14H2,1-4H3;11-14,16H,6-10,15,17H2,1-5H3. The Labute approximate surface area is 800 Å². The predicted molar refractivity (Wildman–Crippen MR) is 519 cm³/mol. The molecule has 1 aliphatic carbocycles. The molecule has 13 aromatic rings. The Balaban J connectivity index is 0.000000176. The van der Waals surface area contributed by atoms with Gasteiger partial charge in [0, 0.05) is 137 Å². The molecule has 14 rings (SSSR count). The fraction of sp³-hybridized carbons (Fsp3) is 0.433. The molecule has 1 aliphatic rings. The molecule has 137 heavy (non-hydrogen) atoms. The minimum absolute atomic E-state index is 0.0141. The lowest BCUT2D eigenvalue weighted by atomic mass is 9.93. The van der Waals surface area contributed by atoms with Gasteiger partial charge in [0.25, 0.3) is 0 Å². The Bertz CT molecular complexity index is 6330. The maximum atomic E-state index is 14.9. The van der Waals surface area contributed by atoms with Crippen LogP contribution in [-0.2, 0) is 70.0 Å². The van der Waals surface area contributed by atoms with Crippen molar-refractivity contribution in [1.29, 1.82) is 0 Å². The molecule has 730 valence electrons. The predicted octanol–water partition coefficient (Wildman–Crippen LogP) is 21.6. The molecule has 4 amide bonds. The number of benzene rings is 5. The molecule has 0 radical (unpaired) electrons. The number of carbonyl (C=O) groups excluding carboxylic acids is 5. The summed E-state index contributed by atoms with van der Waals surface area (Å²) in [6.45, 7) is 40.0. The number of likely N-dealkylation sites (N-methyl/N-ethyl adjacent to an activating group) is 4. The number of amides is 4. The molecule has 0 bridgehead atoms. The number of fused-ring (bicyclic) bond motifs is 5. The highest BCUT2D eigenvalue weighted by Gasteiger charge is 2.74. The van der Waals surface area contributed by atoms with E-state index in [2.05, 4.69) is 50.8 Å². The molecule has 0 N–H and O–H groups in total. The van der Waals surface area contributed by atoms with E-state index in [0.717, 1.165) is 164 Å². The Morgan fingerprint density at radius 1 is 0.387 bits per heavy atom. The minimum Gasteiger partial charge on any atom is -0.494 e. The van der Waals surface area contributed by atoms with Gasteiger partial charge < -0.3 is 38.5 Å². The maximum Gasteiger partial charge on any atom is 0.460 e. The summed E-state index contributed by atoms with van der Waals surface area (Å²) in [5.41, 5.74) is 14.8. The monoisotopic (exact) mass is 1910 g/mol. The number of carbonyl (C=O) groups is 5. The van der Waals surface area contributed by atoms with Crippen molar-refractivity contribution in [1.82, 2.24) is 78.0 Å². The van der Waals surface area contributed by atoms with Gasteiger partial charge in [0.2, 0.25) is 23.6 Å². The van der Waals surface area contributed by atoms with Gasteiger partial charge in [-0.25, -0.2) is 38.0 Å². The summed E-state index contributed by atoms with van der Waals surface area (Å²) in [6, 6.07) is 42.1. The molecule has 0 saturated heterocycles. The summed E-state index contributed by atoms with van der Waals surface area (Å²) in [5.74, 6) is -9.23. The van der Waals surface area contributed by atoms with Gasteiger partial charge in [0.1, 0.15) is 28.7 Å². The van der Waals surface area contributed by atoms with Crippen LogP contribution < -0.4 is 18.9 Å². The van der Waals surface area contributed by atoms with Crippen LogP contribution in [0.25, 0.3) is 78.9 Å². The van der Waals surface area contributed by atoms with E-state index in [4.69, 9.17) is 60.8 Å². The van der Waals surface area contributed by atoms with Crippen molar-refractivity contribution in [2.75, 3.05) is 78.8 Å². The van der Waals surface area contributed by atoms with Gasteiger partial charge in [0.15, 0.2) is 28.4 Å². The van der Waals surface area contributed by atoms with Gasteiger partial charge in [-0.15, -0.1) is 0 Å². The van der Waals surface area contributed by atoms with Crippen LogP contribution in [0.5, 0.6) is 23.0 Å². The molecule has 0 aliphatic heterocycles. The molecule has 8 heterocycles. The average Bonchev–Trinajstić information content (AvgIpc) is 1.65. The van der Waals surface area contributed by atoms with Crippen molar-refractivity contribution in [2.24, 2.45) is 0 Å². The Kier molecular flexibility index (Phi) is 36.1. The Morgan fingerprint density at radius 2 is 0.715 bits per heavy atom. The number of aromatic nitrogens is 12. The van der Waals surface area contributed by atoms with Gasteiger partial charge >= 0.3 is 18.0 Å². The lowest BCUT2D eigenvalue weighted by Gasteiger charge is -2.28. The molecule has 0 fully saturated rings. The van der Waals surface area contributed by atoms with E-state index in [9.17, 15) is 54.7 Å². The zero-order chi connectivity index (χ0) is 99.3. The third-order valence-corrected chi connectivity index (χ3v) is 24.1. The van der Waals surface area contributed by atoms with Crippen molar-refractivity contribution in [3.63, 3.8) is 0 Å². The second-order valence-corrected chi connectivity index (χ2v) is 33.6. The topological polar surface area (TPSA) is 256 Å². The molecule has 0 spiro atoms. The number of ether oxygens (including phenoxy) is 4. The van der Waals surface area contributed by atoms with Gasteiger partial charge in [-0.05, 0) is 255 Å². The summed E-state index contributed by atoms with van der Waals surface area (Å²) < 4.78 is 125. The lowest BCUT2D eigenvalue weighted by Crippen LogP contribution is -2.50. The average molecular weight is 1910 g/mol. The first-order chi connectivity index (χ1) is 65.7. The third-order valence-electron chi connectivity index (χ3n) is 23.8. The second kappa shape index (κ2) is 47.3. The van der Waals surface area contributed by atoms with E-state index in [1.807, 2.05) is 189 Å². The number of ketones is 1. The van der Waals surface area contributed by atoms with Crippen LogP contribution in [0.3, 0.4) is 0 Å². The van der Waals surface area contributed by atoms with E-state index in [1.165, 1.54) is 24.0 Å². The largest absolute Gasteiger partial charge is 0.494 e.